The van der Waals surface area contributed by atoms with Gasteiger partial charge in [-0.1, -0.05) is 29.8 Å². The molecule has 0 saturated carbocycles. The number of rotatable bonds is 9. The van der Waals surface area contributed by atoms with Crippen LogP contribution in [0.3, 0.4) is 0 Å². The Hall–Kier alpha value is -5.31. The first kappa shape index (κ1) is 24.8. The van der Waals surface area contributed by atoms with Gasteiger partial charge in [-0.05, 0) is 42.8 Å². The van der Waals surface area contributed by atoms with Crippen LogP contribution in [0.1, 0.15) is 28.0 Å². The number of carbonyl (C=O) groups is 1. The maximum atomic E-state index is 13.2. The SMILES string of the molecule is Cc1ccc(Cn2c(Nc3ccc(Oc4ccc(C(=O)O)nn4)cc3)nc(=O)n(CCC#N)c2=O)cc1. The number of nitriles is 1. The molecule has 0 aliphatic carbocycles. The van der Waals surface area contributed by atoms with Crippen LogP contribution in [0.5, 0.6) is 11.6 Å². The van der Waals surface area contributed by atoms with E-state index in [-0.39, 0.29) is 37.0 Å². The van der Waals surface area contributed by atoms with Crippen molar-refractivity contribution in [3.8, 4) is 17.7 Å². The van der Waals surface area contributed by atoms with Crippen molar-refractivity contribution >= 4 is 17.6 Å². The average Bonchev–Trinajstić information content (AvgIpc) is 2.89. The first-order valence-corrected chi connectivity index (χ1v) is 11.1. The molecule has 12 heteroatoms. The molecule has 0 amide bonds. The van der Waals surface area contributed by atoms with Crippen molar-refractivity contribution in [3.63, 3.8) is 0 Å². The standard InChI is InChI=1S/C25H21N7O5/c1-16-3-5-17(6-4-16)15-32-23(28-24(35)31(25(32)36)14-2-13-26)27-18-7-9-19(10-8-18)37-21-12-11-20(22(33)34)29-30-21/h3-12H,2,14-15H2,1H3,(H,33,34)(H,27,28,35). The van der Waals surface area contributed by atoms with Crippen molar-refractivity contribution in [1.82, 2.24) is 24.3 Å². The van der Waals surface area contributed by atoms with Crippen LogP contribution >= 0.6 is 0 Å². The molecule has 0 spiro atoms. The summed E-state index contributed by atoms with van der Waals surface area (Å²) in [6.45, 7) is 2.06. The van der Waals surface area contributed by atoms with Gasteiger partial charge in [-0.25, -0.2) is 19.0 Å². The van der Waals surface area contributed by atoms with E-state index in [2.05, 4.69) is 20.5 Å². The van der Waals surface area contributed by atoms with Gasteiger partial charge in [0.05, 0.1) is 19.0 Å². The van der Waals surface area contributed by atoms with Gasteiger partial charge in [-0.15, -0.1) is 10.2 Å². The molecule has 0 bridgehead atoms. The zero-order valence-electron chi connectivity index (χ0n) is 19.7. The van der Waals surface area contributed by atoms with Gasteiger partial charge in [-0.3, -0.25) is 4.57 Å². The van der Waals surface area contributed by atoms with E-state index in [1.165, 1.54) is 16.7 Å². The molecule has 4 rings (SSSR count). The monoisotopic (exact) mass is 499 g/mol. The third-order valence-electron chi connectivity index (χ3n) is 5.25. The fraction of sp³-hybridized carbons (Fsp3) is 0.160. The number of hydrogen-bond donors (Lipinski definition) is 2. The zero-order valence-corrected chi connectivity index (χ0v) is 19.7. The molecule has 2 heterocycles. The summed E-state index contributed by atoms with van der Waals surface area (Å²) in [6.07, 6.45) is -0.000985. The average molecular weight is 499 g/mol. The number of nitrogens with one attached hydrogen (secondary N) is 1. The van der Waals surface area contributed by atoms with E-state index < -0.39 is 17.3 Å². The summed E-state index contributed by atoms with van der Waals surface area (Å²) in [6, 6.07) is 18.7. The highest BCUT2D eigenvalue weighted by Gasteiger charge is 2.14. The molecule has 12 nitrogen and oxygen atoms in total. The molecular weight excluding hydrogens is 478 g/mol. The number of ether oxygens (including phenoxy) is 1. The fourth-order valence-corrected chi connectivity index (χ4v) is 3.34. The molecule has 186 valence electrons. The van der Waals surface area contributed by atoms with Crippen LogP contribution < -0.4 is 21.4 Å². The van der Waals surface area contributed by atoms with Crippen LogP contribution in [0.15, 0.2) is 70.3 Å². The third kappa shape index (κ3) is 6.04. The molecule has 37 heavy (non-hydrogen) atoms. The maximum absolute atomic E-state index is 13.2. The summed E-state index contributed by atoms with van der Waals surface area (Å²) >= 11 is 0. The van der Waals surface area contributed by atoms with Crippen molar-refractivity contribution in [1.29, 1.82) is 5.26 Å². The minimum atomic E-state index is -1.19. The van der Waals surface area contributed by atoms with Gasteiger partial charge in [0.2, 0.25) is 11.8 Å². The van der Waals surface area contributed by atoms with Crippen LogP contribution in [0.2, 0.25) is 0 Å². The van der Waals surface area contributed by atoms with Crippen molar-refractivity contribution in [2.24, 2.45) is 0 Å². The fourth-order valence-electron chi connectivity index (χ4n) is 3.34. The molecule has 4 aromatic rings. The van der Waals surface area contributed by atoms with Crippen LogP contribution in [0, 0.1) is 18.3 Å². The molecule has 0 atom stereocenters. The Morgan fingerprint density at radius 2 is 1.76 bits per heavy atom. The highest BCUT2D eigenvalue weighted by molar-refractivity contribution is 5.84. The molecule has 0 unspecified atom stereocenters. The lowest BCUT2D eigenvalue weighted by atomic mass is 10.1. The Bertz CT molecular complexity index is 1570. The summed E-state index contributed by atoms with van der Waals surface area (Å²) in [5.41, 5.74) is 0.886. The van der Waals surface area contributed by atoms with Crippen molar-refractivity contribution in [2.45, 2.75) is 26.4 Å². The molecule has 2 aromatic heterocycles. The summed E-state index contributed by atoms with van der Waals surface area (Å²) in [4.78, 5) is 40.7. The normalized spacial score (nSPS) is 10.5. The van der Waals surface area contributed by atoms with Crippen LogP contribution in [-0.4, -0.2) is 35.4 Å². The molecule has 0 saturated heterocycles. The number of carboxylic acids is 1. The van der Waals surface area contributed by atoms with Gasteiger partial charge < -0.3 is 15.2 Å². The van der Waals surface area contributed by atoms with Crippen LogP contribution in [0.25, 0.3) is 0 Å². The summed E-state index contributed by atoms with van der Waals surface area (Å²) in [5.74, 6) is -0.630. The topological polar surface area (TPSA) is 165 Å². The first-order chi connectivity index (χ1) is 17.8. The quantitative estimate of drug-likeness (QED) is 0.350. The minimum absolute atomic E-state index is 0.000985. The largest absolute Gasteiger partial charge is 0.476 e. The van der Waals surface area contributed by atoms with Crippen molar-refractivity contribution < 1.29 is 14.6 Å². The molecule has 0 aliphatic heterocycles. The lowest BCUT2D eigenvalue weighted by Gasteiger charge is -2.15. The number of anilines is 2. The van der Waals surface area contributed by atoms with Gasteiger partial charge in [0.25, 0.3) is 0 Å². The van der Waals surface area contributed by atoms with Gasteiger partial charge in [0, 0.05) is 18.3 Å². The Balaban J connectivity index is 1.60. The van der Waals surface area contributed by atoms with Gasteiger partial charge in [0.1, 0.15) is 5.75 Å². The van der Waals surface area contributed by atoms with Crippen molar-refractivity contribution in [3.05, 3.63) is 98.5 Å². The number of hydrogen-bond acceptors (Lipinski definition) is 9. The van der Waals surface area contributed by atoms with E-state index >= 15 is 0 Å². The predicted molar refractivity (Wildman–Crippen MR) is 132 cm³/mol. The molecule has 2 aromatic carbocycles. The summed E-state index contributed by atoms with van der Waals surface area (Å²) in [7, 11) is 0. The van der Waals surface area contributed by atoms with Crippen LogP contribution in [0.4, 0.5) is 11.6 Å². The van der Waals surface area contributed by atoms with Gasteiger partial charge >= 0.3 is 17.3 Å². The lowest BCUT2D eigenvalue weighted by molar-refractivity contribution is 0.0689. The number of aromatic nitrogens is 5. The molecular formula is C25H21N7O5. The molecule has 2 N–H and O–H groups in total. The van der Waals surface area contributed by atoms with E-state index in [4.69, 9.17) is 15.1 Å². The number of aryl methyl sites for hydroxylation is 1. The Labute approximate surface area is 210 Å². The zero-order chi connectivity index (χ0) is 26.4. The second kappa shape index (κ2) is 11.0. The maximum Gasteiger partial charge on any atom is 0.356 e. The molecule has 0 radical (unpaired) electrons. The number of nitrogens with zero attached hydrogens (tertiary/aromatic N) is 6. The van der Waals surface area contributed by atoms with Crippen LogP contribution in [-0.2, 0) is 13.1 Å². The Morgan fingerprint density at radius 1 is 1.03 bits per heavy atom. The summed E-state index contributed by atoms with van der Waals surface area (Å²) < 4.78 is 7.86. The molecule has 0 aliphatic rings. The van der Waals surface area contributed by atoms with Crippen molar-refractivity contribution in [2.75, 3.05) is 5.32 Å². The van der Waals surface area contributed by atoms with E-state index in [9.17, 15) is 14.4 Å². The van der Waals surface area contributed by atoms with E-state index in [0.29, 0.717) is 11.4 Å². The summed E-state index contributed by atoms with van der Waals surface area (Å²) in [5, 5.41) is 28.1. The van der Waals surface area contributed by atoms with E-state index in [1.54, 1.807) is 24.3 Å². The van der Waals surface area contributed by atoms with E-state index in [1.807, 2.05) is 37.3 Å². The first-order valence-electron chi connectivity index (χ1n) is 11.1. The second-order valence-electron chi connectivity index (χ2n) is 7.95. The van der Waals surface area contributed by atoms with Gasteiger partial charge in [0.15, 0.2) is 5.69 Å². The number of aromatic carboxylic acids is 1. The molecule has 0 fully saturated rings. The minimum Gasteiger partial charge on any atom is -0.476 e. The predicted octanol–water partition coefficient (Wildman–Crippen LogP) is 2.70. The highest BCUT2D eigenvalue weighted by Crippen LogP contribution is 2.22. The smallest absolute Gasteiger partial charge is 0.356 e. The van der Waals surface area contributed by atoms with E-state index in [0.717, 1.165) is 15.7 Å². The Morgan fingerprint density at radius 3 is 2.38 bits per heavy atom. The lowest BCUT2D eigenvalue weighted by Crippen LogP contribution is -2.42. The number of carboxylic acid groups (broad SMARTS) is 1. The second-order valence-corrected chi connectivity index (χ2v) is 7.95. The van der Waals surface area contributed by atoms with Gasteiger partial charge in [-0.2, -0.15) is 10.2 Å². The third-order valence-corrected chi connectivity index (χ3v) is 5.25. The Kier molecular flexibility index (Phi) is 7.34. The highest BCUT2D eigenvalue weighted by atomic mass is 16.5. The number of benzene rings is 2.